The second-order valence-electron chi connectivity index (χ2n) is 4.44. The van der Waals surface area contributed by atoms with Crippen molar-refractivity contribution in [3.8, 4) is 17.0 Å². The van der Waals surface area contributed by atoms with E-state index < -0.39 is 0 Å². The molecule has 0 amide bonds. The largest absolute Gasteiger partial charge is 0.494 e. The van der Waals surface area contributed by atoms with E-state index in [9.17, 15) is 0 Å². The minimum Gasteiger partial charge on any atom is -0.494 e. The lowest BCUT2D eigenvalue weighted by atomic mass is 10.1. The summed E-state index contributed by atoms with van der Waals surface area (Å²) in [5.41, 5.74) is 3.10. The Morgan fingerprint density at radius 1 is 1.26 bits per heavy atom. The average molecular weight is 260 g/mol. The number of aryl methyl sites for hydroxylation is 2. The van der Waals surface area contributed by atoms with Gasteiger partial charge in [0.05, 0.1) is 12.3 Å². The zero-order valence-electron chi connectivity index (χ0n) is 11.4. The normalized spacial score (nSPS) is 10.7. The summed E-state index contributed by atoms with van der Waals surface area (Å²) in [6.45, 7) is 4.85. The fraction of sp³-hybridized carbons (Fsp3) is 0.400. The van der Waals surface area contributed by atoms with Crippen molar-refractivity contribution in [3.05, 3.63) is 35.8 Å². The SMILES string of the molecule is CCOc1ccc(-c2nc(CCCO)[nH]c2C)cc1. The van der Waals surface area contributed by atoms with Crippen molar-refractivity contribution < 1.29 is 9.84 Å². The number of aliphatic hydroxyl groups is 1. The molecular weight excluding hydrogens is 240 g/mol. The van der Waals surface area contributed by atoms with E-state index in [1.54, 1.807) is 0 Å². The molecule has 0 radical (unpaired) electrons. The Morgan fingerprint density at radius 2 is 2.00 bits per heavy atom. The van der Waals surface area contributed by atoms with Crippen molar-refractivity contribution in [1.29, 1.82) is 0 Å². The molecule has 0 aliphatic heterocycles. The molecule has 4 heteroatoms. The van der Waals surface area contributed by atoms with Crippen molar-refractivity contribution in [2.45, 2.75) is 26.7 Å². The summed E-state index contributed by atoms with van der Waals surface area (Å²) in [6.07, 6.45) is 1.50. The Balaban J connectivity index is 2.18. The summed E-state index contributed by atoms with van der Waals surface area (Å²) in [5, 5.41) is 8.85. The number of aromatic amines is 1. The highest BCUT2D eigenvalue weighted by Gasteiger charge is 2.08. The van der Waals surface area contributed by atoms with Gasteiger partial charge in [0, 0.05) is 24.3 Å². The first-order chi connectivity index (χ1) is 9.24. The van der Waals surface area contributed by atoms with Crippen LogP contribution in [-0.4, -0.2) is 28.3 Å². The fourth-order valence-corrected chi connectivity index (χ4v) is 2.04. The van der Waals surface area contributed by atoms with Gasteiger partial charge in [-0.15, -0.1) is 0 Å². The van der Waals surface area contributed by atoms with E-state index in [0.717, 1.165) is 41.4 Å². The number of benzene rings is 1. The van der Waals surface area contributed by atoms with Crippen LogP contribution in [0, 0.1) is 6.92 Å². The standard InChI is InChI=1S/C15H20N2O2/c1-3-19-13-8-6-12(7-9-13)15-11(2)16-14(17-15)5-4-10-18/h6-9,18H,3-5,10H2,1-2H3,(H,16,17). The predicted molar refractivity (Wildman–Crippen MR) is 75.3 cm³/mol. The van der Waals surface area contributed by atoms with Gasteiger partial charge in [-0.2, -0.15) is 0 Å². The zero-order valence-corrected chi connectivity index (χ0v) is 11.4. The van der Waals surface area contributed by atoms with Crippen LogP contribution in [0.4, 0.5) is 0 Å². The molecule has 0 unspecified atom stereocenters. The monoisotopic (exact) mass is 260 g/mol. The third-order valence-corrected chi connectivity index (χ3v) is 2.94. The highest BCUT2D eigenvalue weighted by molar-refractivity contribution is 5.62. The number of H-pyrrole nitrogens is 1. The molecule has 4 nitrogen and oxygen atoms in total. The van der Waals surface area contributed by atoms with Gasteiger partial charge in [-0.25, -0.2) is 4.98 Å². The van der Waals surface area contributed by atoms with Crippen LogP contribution in [0.15, 0.2) is 24.3 Å². The molecule has 0 saturated carbocycles. The van der Waals surface area contributed by atoms with Crippen molar-refractivity contribution in [3.63, 3.8) is 0 Å². The second kappa shape index (κ2) is 6.38. The van der Waals surface area contributed by atoms with Crippen LogP contribution >= 0.6 is 0 Å². The van der Waals surface area contributed by atoms with Gasteiger partial charge in [0.25, 0.3) is 0 Å². The van der Waals surface area contributed by atoms with Gasteiger partial charge < -0.3 is 14.8 Å². The number of hydrogen-bond acceptors (Lipinski definition) is 3. The summed E-state index contributed by atoms with van der Waals surface area (Å²) in [7, 11) is 0. The Morgan fingerprint density at radius 3 is 2.63 bits per heavy atom. The van der Waals surface area contributed by atoms with Gasteiger partial charge in [0.2, 0.25) is 0 Å². The molecule has 102 valence electrons. The highest BCUT2D eigenvalue weighted by atomic mass is 16.5. The van der Waals surface area contributed by atoms with Crippen LogP contribution in [0.3, 0.4) is 0 Å². The molecule has 1 heterocycles. The Kier molecular flexibility index (Phi) is 4.58. The Labute approximate surface area is 113 Å². The van der Waals surface area contributed by atoms with Crippen LogP contribution in [-0.2, 0) is 6.42 Å². The minimum absolute atomic E-state index is 0.193. The number of rotatable bonds is 6. The molecule has 0 aliphatic rings. The first-order valence-electron chi connectivity index (χ1n) is 6.64. The number of aliphatic hydroxyl groups excluding tert-OH is 1. The van der Waals surface area contributed by atoms with Gasteiger partial charge in [0.1, 0.15) is 11.6 Å². The smallest absolute Gasteiger partial charge is 0.119 e. The molecule has 0 saturated heterocycles. The molecule has 0 fully saturated rings. The van der Waals surface area contributed by atoms with E-state index in [4.69, 9.17) is 9.84 Å². The van der Waals surface area contributed by atoms with Gasteiger partial charge in [-0.05, 0) is 44.5 Å². The van der Waals surface area contributed by atoms with Crippen LogP contribution in [0.2, 0.25) is 0 Å². The molecule has 19 heavy (non-hydrogen) atoms. The molecule has 2 rings (SSSR count). The third-order valence-electron chi connectivity index (χ3n) is 2.94. The molecule has 1 aromatic carbocycles. The molecular formula is C15H20N2O2. The van der Waals surface area contributed by atoms with Crippen LogP contribution in [0.5, 0.6) is 5.75 Å². The van der Waals surface area contributed by atoms with E-state index >= 15 is 0 Å². The summed E-state index contributed by atoms with van der Waals surface area (Å²) in [5.74, 6) is 1.80. The second-order valence-corrected chi connectivity index (χ2v) is 4.44. The summed E-state index contributed by atoms with van der Waals surface area (Å²) in [6, 6.07) is 7.95. The predicted octanol–water partition coefficient (Wildman–Crippen LogP) is 2.71. The van der Waals surface area contributed by atoms with Gasteiger partial charge in [-0.3, -0.25) is 0 Å². The summed E-state index contributed by atoms with van der Waals surface area (Å²) in [4.78, 5) is 7.85. The molecule has 1 aromatic heterocycles. The maximum atomic E-state index is 8.85. The lowest BCUT2D eigenvalue weighted by Gasteiger charge is -2.03. The molecule has 0 aliphatic carbocycles. The first kappa shape index (κ1) is 13.6. The lowest BCUT2D eigenvalue weighted by molar-refractivity contribution is 0.287. The van der Waals surface area contributed by atoms with Crippen molar-refractivity contribution in [1.82, 2.24) is 9.97 Å². The lowest BCUT2D eigenvalue weighted by Crippen LogP contribution is -1.92. The summed E-state index contributed by atoms with van der Waals surface area (Å²) >= 11 is 0. The molecule has 0 atom stereocenters. The number of ether oxygens (including phenoxy) is 1. The van der Waals surface area contributed by atoms with E-state index in [1.807, 2.05) is 38.1 Å². The Bertz CT molecular complexity index is 517. The number of nitrogens with one attached hydrogen (secondary N) is 1. The maximum Gasteiger partial charge on any atom is 0.119 e. The quantitative estimate of drug-likeness (QED) is 0.839. The maximum absolute atomic E-state index is 8.85. The molecule has 0 bridgehead atoms. The van der Waals surface area contributed by atoms with Crippen molar-refractivity contribution >= 4 is 0 Å². The minimum atomic E-state index is 0.193. The van der Waals surface area contributed by atoms with Gasteiger partial charge in [0.15, 0.2) is 0 Å². The number of nitrogens with zero attached hydrogens (tertiary/aromatic N) is 1. The molecule has 0 spiro atoms. The van der Waals surface area contributed by atoms with E-state index in [0.29, 0.717) is 6.61 Å². The van der Waals surface area contributed by atoms with E-state index in [-0.39, 0.29) is 6.61 Å². The highest BCUT2D eigenvalue weighted by Crippen LogP contribution is 2.24. The number of aromatic nitrogens is 2. The number of imidazole rings is 1. The molecule has 2 N–H and O–H groups in total. The van der Waals surface area contributed by atoms with Crippen molar-refractivity contribution in [2.24, 2.45) is 0 Å². The topological polar surface area (TPSA) is 58.1 Å². The third kappa shape index (κ3) is 3.35. The van der Waals surface area contributed by atoms with E-state index in [2.05, 4.69) is 9.97 Å². The Hall–Kier alpha value is -1.81. The van der Waals surface area contributed by atoms with Gasteiger partial charge >= 0.3 is 0 Å². The average Bonchev–Trinajstić information content (AvgIpc) is 2.79. The van der Waals surface area contributed by atoms with Crippen molar-refractivity contribution in [2.75, 3.05) is 13.2 Å². The van der Waals surface area contributed by atoms with E-state index in [1.165, 1.54) is 0 Å². The first-order valence-corrected chi connectivity index (χ1v) is 6.64. The fourth-order valence-electron chi connectivity index (χ4n) is 2.04. The number of hydrogen-bond donors (Lipinski definition) is 2. The zero-order chi connectivity index (χ0) is 13.7. The van der Waals surface area contributed by atoms with Crippen LogP contribution in [0.1, 0.15) is 24.9 Å². The van der Waals surface area contributed by atoms with Crippen LogP contribution < -0.4 is 4.74 Å². The summed E-state index contributed by atoms with van der Waals surface area (Å²) < 4.78 is 5.43. The van der Waals surface area contributed by atoms with Crippen LogP contribution in [0.25, 0.3) is 11.3 Å². The van der Waals surface area contributed by atoms with Gasteiger partial charge in [-0.1, -0.05) is 0 Å². The molecule has 2 aromatic rings.